The Balaban J connectivity index is 1.87. The zero-order valence-electron chi connectivity index (χ0n) is 13.8. The molecule has 1 aliphatic rings. The third-order valence-corrected chi connectivity index (χ3v) is 5.66. The molecule has 0 spiro atoms. The van der Waals surface area contributed by atoms with Crippen molar-refractivity contribution in [1.82, 2.24) is 4.98 Å². The number of rotatable bonds is 4. The van der Waals surface area contributed by atoms with Crippen LogP contribution < -0.4 is 10.0 Å². The second-order valence-corrected chi connectivity index (χ2v) is 8.18. The molecule has 7 nitrogen and oxygen atoms in total. The summed E-state index contributed by atoms with van der Waals surface area (Å²) in [6, 6.07) is 7.80. The number of carboxylic acids is 1. The number of nitrogens with zero attached hydrogens (tertiary/aromatic N) is 2. The summed E-state index contributed by atoms with van der Waals surface area (Å²) in [7, 11) is -3.83. The Hall–Kier alpha value is -2.16. The quantitative estimate of drug-likeness (QED) is 0.821. The second kappa shape index (κ2) is 7.22. The Morgan fingerprint density at radius 3 is 2.69 bits per heavy atom. The maximum absolute atomic E-state index is 11.5. The van der Waals surface area contributed by atoms with E-state index in [9.17, 15) is 18.3 Å². The van der Waals surface area contributed by atoms with Crippen LogP contribution in [-0.4, -0.2) is 37.6 Å². The first-order valence-electron chi connectivity index (χ1n) is 8.02. The highest BCUT2D eigenvalue weighted by Crippen LogP contribution is 2.31. The number of carbonyl (C=O) groups is 1. The third-order valence-electron chi connectivity index (χ3n) is 4.42. The standard InChI is InChI=1S/C17H18ClN3O4S/c18-15-5-4-13(26(19,24)25)8-14(15)11-3-6-16(20-9-11)21-7-1-2-12(10-21)17(22)23/h3-6,8-9,12H,1-2,7,10H2,(H,22,23)(H2,19,24,25). The number of pyridine rings is 1. The van der Waals surface area contributed by atoms with Crippen LogP contribution in [0.2, 0.25) is 5.02 Å². The fourth-order valence-electron chi connectivity index (χ4n) is 3.02. The van der Waals surface area contributed by atoms with E-state index in [-0.39, 0.29) is 4.90 Å². The Bertz CT molecular complexity index is 932. The summed E-state index contributed by atoms with van der Waals surface area (Å²) in [4.78, 5) is 17.5. The number of piperidine rings is 1. The SMILES string of the molecule is NS(=O)(=O)c1ccc(Cl)c(-c2ccc(N3CCCC(C(=O)O)C3)nc2)c1. The summed E-state index contributed by atoms with van der Waals surface area (Å²) < 4.78 is 23.1. The lowest BCUT2D eigenvalue weighted by Crippen LogP contribution is -2.39. The Morgan fingerprint density at radius 2 is 2.08 bits per heavy atom. The van der Waals surface area contributed by atoms with Gasteiger partial charge in [0.05, 0.1) is 10.8 Å². The van der Waals surface area contributed by atoms with Crippen LogP contribution in [0.15, 0.2) is 41.4 Å². The summed E-state index contributed by atoms with van der Waals surface area (Å²) >= 11 is 6.18. The average molecular weight is 396 g/mol. The Labute approximate surface area is 156 Å². The zero-order chi connectivity index (χ0) is 18.9. The molecule has 2 aromatic rings. The van der Waals surface area contributed by atoms with Gasteiger partial charge in [0.1, 0.15) is 5.82 Å². The molecule has 1 aromatic heterocycles. The van der Waals surface area contributed by atoms with Crippen molar-refractivity contribution >= 4 is 33.4 Å². The molecule has 1 unspecified atom stereocenters. The molecular formula is C17H18ClN3O4S. The molecule has 3 rings (SSSR count). The molecule has 1 fully saturated rings. The molecule has 0 radical (unpaired) electrons. The minimum Gasteiger partial charge on any atom is -0.481 e. The summed E-state index contributed by atoms with van der Waals surface area (Å²) in [6.45, 7) is 1.17. The van der Waals surface area contributed by atoms with Gasteiger partial charge in [-0.15, -0.1) is 0 Å². The van der Waals surface area contributed by atoms with Crippen LogP contribution in [0.4, 0.5) is 5.82 Å². The van der Waals surface area contributed by atoms with Crippen LogP contribution in [0.5, 0.6) is 0 Å². The maximum Gasteiger partial charge on any atom is 0.308 e. The number of nitrogens with two attached hydrogens (primary N) is 1. The van der Waals surface area contributed by atoms with E-state index in [0.29, 0.717) is 34.9 Å². The summed E-state index contributed by atoms with van der Waals surface area (Å²) in [5.41, 5.74) is 1.16. The van der Waals surface area contributed by atoms with Gasteiger partial charge >= 0.3 is 5.97 Å². The van der Waals surface area contributed by atoms with Gasteiger partial charge in [0.2, 0.25) is 10.0 Å². The van der Waals surface area contributed by atoms with Crippen LogP contribution in [-0.2, 0) is 14.8 Å². The van der Waals surface area contributed by atoms with Crippen molar-refractivity contribution in [2.45, 2.75) is 17.7 Å². The molecule has 1 atom stereocenters. The first-order valence-corrected chi connectivity index (χ1v) is 9.94. The molecule has 0 bridgehead atoms. The van der Waals surface area contributed by atoms with Gasteiger partial charge in [-0.05, 0) is 43.2 Å². The maximum atomic E-state index is 11.5. The molecule has 26 heavy (non-hydrogen) atoms. The fourth-order valence-corrected chi connectivity index (χ4v) is 3.79. The van der Waals surface area contributed by atoms with Crippen molar-refractivity contribution in [3.8, 4) is 11.1 Å². The van der Waals surface area contributed by atoms with Crippen LogP contribution in [0, 0.1) is 5.92 Å². The zero-order valence-corrected chi connectivity index (χ0v) is 15.4. The predicted octanol–water partition coefficient (Wildman–Crippen LogP) is 2.35. The van der Waals surface area contributed by atoms with E-state index >= 15 is 0 Å². The van der Waals surface area contributed by atoms with Gasteiger partial charge in [0.25, 0.3) is 0 Å². The lowest BCUT2D eigenvalue weighted by Gasteiger charge is -2.31. The van der Waals surface area contributed by atoms with Crippen molar-refractivity contribution < 1.29 is 18.3 Å². The number of halogens is 1. The smallest absolute Gasteiger partial charge is 0.308 e. The summed E-state index contributed by atoms with van der Waals surface area (Å²) in [6.07, 6.45) is 3.05. The molecule has 1 saturated heterocycles. The Morgan fingerprint density at radius 1 is 1.31 bits per heavy atom. The lowest BCUT2D eigenvalue weighted by molar-refractivity contribution is -0.141. The number of benzene rings is 1. The first-order chi connectivity index (χ1) is 12.3. The van der Waals surface area contributed by atoms with E-state index in [4.69, 9.17) is 16.7 Å². The highest BCUT2D eigenvalue weighted by Gasteiger charge is 2.26. The first kappa shape index (κ1) is 18.6. The molecule has 9 heteroatoms. The largest absolute Gasteiger partial charge is 0.481 e. The minimum atomic E-state index is -3.83. The van der Waals surface area contributed by atoms with E-state index in [2.05, 4.69) is 4.98 Å². The number of carboxylic acid groups (broad SMARTS) is 1. The number of sulfonamides is 1. The topological polar surface area (TPSA) is 114 Å². The molecule has 138 valence electrons. The molecular weight excluding hydrogens is 378 g/mol. The lowest BCUT2D eigenvalue weighted by atomic mass is 9.98. The van der Waals surface area contributed by atoms with E-state index in [1.165, 1.54) is 18.2 Å². The highest BCUT2D eigenvalue weighted by molar-refractivity contribution is 7.89. The van der Waals surface area contributed by atoms with Gasteiger partial charge in [-0.2, -0.15) is 0 Å². The number of anilines is 1. The highest BCUT2D eigenvalue weighted by atomic mass is 35.5. The number of aromatic nitrogens is 1. The van der Waals surface area contributed by atoms with Crippen molar-refractivity contribution in [2.75, 3.05) is 18.0 Å². The van der Waals surface area contributed by atoms with Crippen molar-refractivity contribution in [3.63, 3.8) is 0 Å². The van der Waals surface area contributed by atoms with Crippen molar-refractivity contribution in [2.24, 2.45) is 11.1 Å². The minimum absolute atomic E-state index is 0.0266. The number of primary sulfonamides is 1. The van der Waals surface area contributed by atoms with Gasteiger partial charge in [0, 0.05) is 35.4 Å². The van der Waals surface area contributed by atoms with Gasteiger partial charge in [-0.25, -0.2) is 18.5 Å². The van der Waals surface area contributed by atoms with Crippen LogP contribution in [0.25, 0.3) is 11.1 Å². The summed E-state index contributed by atoms with van der Waals surface area (Å²) in [5, 5.41) is 14.8. The fraction of sp³-hybridized carbons (Fsp3) is 0.294. The molecule has 0 aliphatic carbocycles. The van der Waals surface area contributed by atoms with E-state index < -0.39 is 21.9 Å². The van der Waals surface area contributed by atoms with Gasteiger partial charge < -0.3 is 10.0 Å². The normalized spacial score (nSPS) is 17.9. The third kappa shape index (κ3) is 3.98. The monoisotopic (exact) mass is 395 g/mol. The molecule has 0 saturated carbocycles. The number of aliphatic carboxylic acids is 1. The van der Waals surface area contributed by atoms with Crippen molar-refractivity contribution in [3.05, 3.63) is 41.6 Å². The van der Waals surface area contributed by atoms with Crippen molar-refractivity contribution in [1.29, 1.82) is 0 Å². The van der Waals surface area contributed by atoms with Crippen LogP contribution in [0.1, 0.15) is 12.8 Å². The molecule has 1 aromatic carbocycles. The van der Waals surface area contributed by atoms with Gasteiger partial charge in [-0.3, -0.25) is 4.79 Å². The Kier molecular flexibility index (Phi) is 5.17. The molecule has 2 heterocycles. The molecule has 1 aliphatic heterocycles. The molecule has 3 N–H and O–H groups in total. The van der Waals surface area contributed by atoms with E-state index in [0.717, 1.165) is 13.0 Å². The van der Waals surface area contributed by atoms with Gasteiger partial charge in [0.15, 0.2) is 0 Å². The van der Waals surface area contributed by atoms with Gasteiger partial charge in [-0.1, -0.05) is 11.6 Å². The number of hydrogen-bond donors (Lipinski definition) is 2. The number of hydrogen-bond acceptors (Lipinski definition) is 5. The van der Waals surface area contributed by atoms with Crippen LogP contribution >= 0.6 is 11.6 Å². The average Bonchev–Trinajstić information content (AvgIpc) is 2.61. The molecule has 0 amide bonds. The second-order valence-electron chi connectivity index (χ2n) is 6.22. The van der Waals surface area contributed by atoms with Crippen LogP contribution in [0.3, 0.4) is 0 Å². The predicted molar refractivity (Wildman–Crippen MR) is 98.6 cm³/mol. The van der Waals surface area contributed by atoms with E-state index in [1.54, 1.807) is 18.3 Å². The summed E-state index contributed by atoms with van der Waals surface area (Å²) in [5.74, 6) is -0.512. The van der Waals surface area contributed by atoms with E-state index in [1.807, 2.05) is 4.90 Å².